The van der Waals surface area contributed by atoms with E-state index in [4.69, 9.17) is 0 Å². The number of hydrogen-bond donors (Lipinski definition) is 1. The van der Waals surface area contributed by atoms with E-state index in [9.17, 15) is 4.39 Å². The van der Waals surface area contributed by atoms with Crippen LogP contribution in [-0.2, 0) is 0 Å². The molecule has 0 aliphatic carbocycles. The summed E-state index contributed by atoms with van der Waals surface area (Å²) in [6.07, 6.45) is 0. The predicted molar refractivity (Wildman–Crippen MR) is 66.4 cm³/mol. The van der Waals surface area contributed by atoms with Gasteiger partial charge >= 0.3 is 0 Å². The van der Waals surface area contributed by atoms with E-state index in [2.05, 4.69) is 11.4 Å². The van der Waals surface area contributed by atoms with E-state index in [1.165, 1.54) is 4.88 Å². The van der Waals surface area contributed by atoms with Crippen LogP contribution in [0.15, 0.2) is 35.7 Å². The van der Waals surface area contributed by atoms with Gasteiger partial charge in [0.1, 0.15) is 5.82 Å². The highest BCUT2D eigenvalue weighted by Crippen LogP contribution is 2.26. The maximum Gasteiger partial charge on any atom is 0.126 e. The minimum Gasteiger partial charge on any atom is -0.309 e. The highest BCUT2D eigenvalue weighted by Gasteiger charge is 2.13. The molecule has 1 unspecified atom stereocenters. The van der Waals surface area contributed by atoms with Crippen molar-refractivity contribution in [3.63, 3.8) is 0 Å². The topological polar surface area (TPSA) is 12.0 Å². The number of rotatable bonds is 3. The van der Waals surface area contributed by atoms with Gasteiger partial charge in [-0.15, -0.1) is 11.3 Å². The van der Waals surface area contributed by atoms with E-state index in [0.717, 1.165) is 5.56 Å². The average Bonchev–Trinajstić information content (AvgIpc) is 2.78. The van der Waals surface area contributed by atoms with Gasteiger partial charge in [-0.3, -0.25) is 0 Å². The summed E-state index contributed by atoms with van der Waals surface area (Å²) in [6, 6.07) is 9.55. The van der Waals surface area contributed by atoms with E-state index < -0.39 is 0 Å². The molecular weight excluding hydrogens is 221 g/mol. The fourth-order valence-corrected chi connectivity index (χ4v) is 2.58. The number of nitrogens with one attached hydrogen (secondary N) is 1. The summed E-state index contributed by atoms with van der Waals surface area (Å²) >= 11 is 1.68. The first-order valence-electron chi connectivity index (χ1n) is 5.19. The summed E-state index contributed by atoms with van der Waals surface area (Å²) in [5.41, 5.74) is 1.65. The van der Waals surface area contributed by atoms with Crippen LogP contribution in [0.1, 0.15) is 22.0 Å². The van der Waals surface area contributed by atoms with Crippen LogP contribution >= 0.6 is 11.3 Å². The minimum absolute atomic E-state index is 0.0788. The van der Waals surface area contributed by atoms with Crippen LogP contribution in [-0.4, -0.2) is 7.05 Å². The minimum atomic E-state index is -0.144. The first kappa shape index (κ1) is 11.3. The second-order valence-corrected chi connectivity index (χ2v) is 4.73. The predicted octanol–water partition coefficient (Wildman–Crippen LogP) is 3.50. The van der Waals surface area contributed by atoms with Crippen LogP contribution in [0, 0.1) is 12.7 Å². The Labute approximate surface area is 98.9 Å². The molecule has 0 aliphatic rings. The quantitative estimate of drug-likeness (QED) is 0.858. The molecule has 0 aliphatic heterocycles. The number of hydrogen-bond acceptors (Lipinski definition) is 2. The van der Waals surface area contributed by atoms with Crippen LogP contribution < -0.4 is 5.32 Å². The highest BCUT2D eigenvalue weighted by atomic mass is 32.1. The zero-order chi connectivity index (χ0) is 11.5. The lowest BCUT2D eigenvalue weighted by Crippen LogP contribution is -2.16. The van der Waals surface area contributed by atoms with Gasteiger partial charge in [-0.1, -0.05) is 18.2 Å². The van der Waals surface area contributed by atoms with Crippen molar-refractivity contribution >= 4 is 11.3 Å². The molecule has 2 rings (SSSR count). The van der Waals surface area contributed by atoms with Gasteiger partial charge in [0, 0.05) is 4.88 Å². The van der Waals surface area contributed by atoms with Gasteiger partial charge in [-0.05, 0) is 42.6 Å². The molecule has 1 heterocycles. The Bertz CT molecular complexity index is 465. The van der Waals surface area contributed by atoms with Gasteiger partial charge in [0.2, 0.25) is 0 Å². The summed E-state index contributed by atoms with van der Waals surface area (Å²) < 4.78 is 13.5. The standard InChI is InChI=1S/C13H14FNS/c1-9-5-6-10(8-11(9)14)13(15-2)12-4-3-7-16-12/h3-8,13,15H,1-2H3. The molecule has 3 heteroatoms. The van der Waals surface area contributed by atoms with Crippen molar-refractivity contribution in [3.05, 3.63) is 57.5 Å². The molecule has 0 bridgehead atoms. The first-order valence-corrected chi connectivity index (χ1v) is 6.07. The Morgan fingerprint density at radius 2 is 2.12 bits per heavy atom. The highest BCUT2D eigenvalue weighted by molar-refractivity contribution is 7.10. The van der Waals surface area contributed by atoms with Gasteiger partial charge in [0.05, 0.1) is 6.04 Å². The molecule has 1 aromatic carbocycles. The van der Waals surface area contributed by atoms with Crippen molar-refractivity contribution in [2.75, 3.05) is 7.05 Å². The molecule has 16 heavy (non-hydrogen) atoms. The van der Waals surface area contributed by atoms with Gasteiger partial charge in [0.25, 0.3) is 0 Å². The summed E-state index contributed by atoms with van der Waals surface area (Å²) in [4.78, 5) is 1.20. The summed E-state index contributed by atoms with van der Waals surface area (Å²) in [6.45, 7) is 1.78. The van der Waals surface area contributed by atoms with E-state index in [-0.39, 0.29) is 11.9 Å². The molecule has 1 nitrogen and oxygen atoms in total. The summed E-state index contributed by atoms with van der Waals surface area (Å²) in [7, 11) is 1.89. The molecule has 1 atom stereocenters. The van der Waals surface area contributed by atoms with Crippen molar-refractivity contribution in [2.45, 2.75) is 13.0 Å². The van der Waals surface area contributed by atoms with Gasteiger partial charge in [0.15, 0.2) is 0 Å². The molecule has 0 fully saturated rings. The lowest BCUT2D eigenvalue weighted by molar-refractivity contribution is 0.609. The maximum atomic E-state index is 13.5. The van der Waals surface area contributed by atoms with Crippen molar-refractivity contribution in [1.29, 1.82) is 0 Å². The van der Waals surface area contributed by atoms with E-state index in [1.54, 1.807) is 24.3 Å². The Hall–Kier alpha value is -1.19. The molecule has 1 N–H and O–H groups in total. The summed E-state index contributed by atoms with van der Waals surface area (Å²) in [5, 5.41) is 5.24. The number of halogens is 1. The molecular formula is C13H14FNS. The third-order valence-corrected chi connectivity index (χ3v) is 3.58. The maximum absolute atomic E-state index is 13.5. The Morgan fingerprint density at radius 1 is 1.31 bits per heavy atom. The third kappa shape index (κ3) is 2.15. The van der Waals surface area contributed by atoms with Crippen molar-refractivity contribution < 1.29 is 4.39 Å². The Balaban J connectivity index is 2.37. The van der Waals surface area contributed by atoms with Crippen LogP contribution in [0.4, 0.5) is 4.39 Å². The van der Waals surface area contributed by atoms with Crippen LogP contribution in [0.3, 0.4) is 0 Å². The number of aryl methyl sites for hydroxylation is 1. The third-order valence-electron chi connectivity index (χ3n) is 2.65. The SMILES string of the molecule is CNC(c1ccc(C)c(F)c1)c1cccs1. The molecule has 0 saturated heterocycles. The van der Waals surface area contributed by atoms with Crippen LogP contribution in [0.2, 0.25) is 0 Å². The van der Waals surface area contributed by atoms with Gasteiger partial charge < -0.3 is 5.32 Å². The van der Waals surface area contributed by atoms with Gasteiger partial charge in [-0.25, -0.2) is 4.39 Å². The zero-order valence-corrected chi connectivity index (χ0v) is 10.1. The molecule has 1 aromatic heterocycles. The van der Waals surface area contributed by atoms with E-state index >= 15 is 0 Å². The van der Waals surface area contributed by atoms with Crippen molar-refractivity contribution in [3.8, 4) is 0 Å². The van der Waals surface area contributed by atoms with Crippen molar-refractivity contribution in [2.24, 2.45) is 0 Å². The molecule has 2 aromatic rings. The largest absolute Gasteiger partial charge is 0.309 e. The lowest BCUT2D eigenvalue weighted by atomic mass is 10.0. The second kappa shape index (κ2) is 4.76. The van der Waals surface area contributed by atoms with Crippen LogP contribution in [0.5, 0.6) is 0 Å². The summed E-state index contributed by atoms with van der Waals surface area (Å²) in [5.74, 6) is -0.144. The Morgan fingerprint density at radius 3 is 2.69 bits per heavy atom. The Kier molecular flexibility index (Phi) is 3.36. The van der Waals surface area contributed by atoms with Crippen molar-refractivity contribution in [1.82, 2.24) is 5.32 Å². The van der Waals surface area contributed by atoms with Crippen LogP contribution in [0.25, 0.3) is 0 Å². The smallest absolute Gasteiger partial charge is 0.126 e. The average molecular weight is 235 g/mol. The number of benzene rings is 1. The molecule has 84 valence electrons. The van der Waals surface area contributed by atoms with Gasteiger partial charge in [-0.2, -0.15) is 0 Å². The molecule has 0 spiro atoms. The first-order chi connectivity index (χ1) is 7.72. The molecule has 0 saturated carbocycles. The lowest BCUT2D eigenvalue weighted by Gasteiger charge is -2.15. The molecule has 0 radical (unpaired) electrons. The fourth-order valence-electron chi connectivity index (χ4n) is 1.72. The number of thiophene rings is 1. The normalized spacial score (nSPS) is 12.7. The second-order valence-electron chi connectivity index (χ2n) is 3.75. The fraction of sp³-hybridized carbons (Fsp3) is 0.231. The molecule has 0 amide bonds. The monoisotopic (exact) mass is 235 g/mol. The van der Waals surface area contributed by atoms with E-state index in [0.29, 0.717) is 5.56 Å². The zero-order valence-electron chi connectivity index (χ0n) is 9.33. The van der Waals surface area contributed by atoms with E-state index in [1.807, 2.05) is 30.6 Å².